The number of alkyl halides is 3. The van der Waals surface area contributed by atoms with E-state index in [1.807, 2.05) is 10.7 Å². The third-order valence-electron chi connectivity index (χ3n) is 6.78. The molecule has 1 saturated carbocycles. The summed E-state index contributed by atoms with van der Waals surface area (Å²) in [5, 5.41) is 8.25. The van der Waals surface area contributed by atoms with E-state index in [2.05, 4.69) is 25.4 Å². The number of benzene rings is 1. The molecule has 1 aliphatic carbocycles. The van der Waals surface area contributed by atoms with Gasteiger partial charge in [0.25, 0.3) is 0 Å². The van der Waals surface area contributed by atoms with Crippen LogP contribution in [0.4, 0.5) is 24.8 Å². The number of pyridine rings is 1. The summed E-state index contributed by atoms with van der Waals surface area (Å²) < 4.78 is 43.6. The molecule has 8 nitrogen and oxygen atoms in total. The maximum Gasteiger partial charge on any atom is 0.491 e. The van der Waals surface area contributed by atoms with Crippen molar-refractivity contribution in [2.75, 3.05) is 10.2 Å². The van der Waals surface area contributed by atoms with Crippen molar-refractivity contribution in [2.24, 2.45) is 0 Å². The van der Waals surface area contributed by atoms with Crippen molar-refractivity contribution < 1.29 is 18.0 Å². The Morgan fingerprint density at radius 3 is 2.61 bits per heavy atom. The van der Waals surface area contributed by atoms with E-state index in [4.69, 9.17) is 0 Å². The summed E-state index contributed by atoms with van der Waals surface area (Å²) in [6.45, 7) is 0.353. The standard InChI is InChI=1S/C25H22F3N7O/c26-25(27,28)35-19-10-4-3-9-17(19)20(23(35)36)21-18-14-34(16-7-1-2-8-16)33-22(18)32-24(31-21)30-13-15-6-5-11-29-12-15/h3-6,9-12,14,16,20H,1-2,7-8,13H2,(H,30,32,33). The van der Waals surface area contributed by atoms with Gasteiger partial charge in [0.1, 0.15) is 5.92 Å². The van der Waals surface area contributed by atoms with Crippen molar-refractivity contribution in [3.05, 3.63) is 71.8 Å². The van der Waals surface area contributed by atoms with Crippen LogP contribution in [0.5, 0.6) is 0 Å². The lowest BCUT2D eigenvalue weighted by molar-refractivity contribution is -0.148. The minimum Gasteiger partial charge on any atom is -0.350 e. The van der Waals surface area contributed by atoms with Crippen LogP contribution in [0.15, 0.2) is 55.0 Å². The second kappa shape index (κ2) is 8.58. The molecule has 1 atom stereocenters. The van der Waals surface area contributed by atoms with E-state index >= 15 is 0 Å². The Morgan fingerprint density at radius 2 is 1.86 bits per heavy atom. The van der Waals surface area contributed by atoms with Crippen molar-refractivity contribution >= 4 is 28.6 Å². The van der Waals surface area contributed by atoms with E-state index in [1.165, 1.54) is 12.1 Å². The zero-order valence-corrected chi connectivity index (χ0v) is 19.1. The van der Waals surface area contributed by atoms with Gasteiger partial charge in [-0.1, -0.05) is 37.1 Å². The number of rotatable bonds is 5. The molecule has 11 heteroatoms. The van der Waals surface area contributed by atoms with Crippen molar-refractivity contribution in [1.82, 2.24) is 24.7 Å². The molecule has 0 spiro atoms. The van der Waals surface area contributed by atoms with E-state index in [0.717, 1.165) is 31.2 Å². The number of amides is 1. The van der Waals surface area contributed by atoms with Gasteiger partial charge in [0.15, 0.2) is 5.65 Å². The number of hydrogen-bond donors (Lipinski definition) is 1. The molecule has 36 heavy (non-hydrogen) atoms. The predicted molar refractivity (Wildman–Crippen MR) is 126 cm³/mol. The van der Waals surface area contributed by atoms with Gasteiger partial charge in [-0.15, -0.1) is 13.2 Å². The van der Waals surface area contributed by atoms with E-state index in [1.54, 1.807) is 36.8 Å². The van der Waals surface area contributed by atoms with Crippen LogP contribution in [-0.2, 0) is 11.3 Å². The number of para-hydroxylation sites is 1. The number of anilines is 2. The third-order valence-corrected chi connectivity index (χ3v) is 6.78. The Hall–Kier alpha value is -4.02. The van der Waals surface area contributed by atoms with E-state index in [9.17, 15) is 18.0 Å². The van der Waals surface area contributed by atoms with Gasteiger partial charge in [-0.05, 0) is 36.1 Å². The first-order chi connectivity index (χ1) is 17.4. The average Bonchev–Trinajstić information content (AvgIpc) is 3.59. The molecule has 4 heterocycles. The maximum absolute atomic E-state index is 13.9. The summed E-state index contributed by atoms with van der Waals surface area (Å²) >= 11 is 0. The van der Waals surface area contributed by atoms with Crippen molar-refractivity contribution in [3.63, 3.8) is 0 Å². The summed E-state index contributed by atoms with van der Waals surface area (Å²) in [7, 11) is 0. The highest BCUT2D eigenvalue weighted by atomic mass is 19.4. The Balaban J connectivity index is 1.48. The highest BCUT2D eigenvalue weighted by molar-refractivity contribution is 6.08. The van der Waals surface area contributed by atoms with E-state index in [-0.39, 0.29) is 33.8 Å². The molecule has 4 aromatic rings. The Labute approximate surface area is 204 Å². The molecule has 6 rings (SSSR count). The van der Waals surface area contributed by atoms with E-state index < -0.39 is 18.1 Å². The minimum absolute atomic E-state index is 0.0922. The van der Waals surface area contributed by atoms with Crippen molar-refractivity contribution in [1.29, 1.82) is 0 Å². The Morgan fingerprint density at radius 1 is 1.06 bits per heavy atom. The molecule has 1 aromatic carbocycles. The molecule has 1 unspecified atom stereocenters. The second-order valence-corrected chi connectivity index (χ2v) is 9.07. The molecular weight excluding hydrogens is 471 g/mol. The normalized spacial score (nSPS) is 18.2. The summed E-state index contributed by atoms with van der Waals surface area (Å²) in [5.41, 5.74) is 1.51. The zero-order chi connectivity index (χ0) is 24.9. The fourth-order valence-electron chi connectivity index (χ4n) is 5.13. The fraction of sp³-hybridized carbons (Fsp3) is 0.320. The van der Waals surface area contributed by atoms with Crippen LogP contribution in [-0.4, -0.2) is 36.9 Å². The molecule has 1 N–H and O–H groups in total. The molecular formula is C25H22F3N7O. The van der Waals surface area contributed by atoms with Crippen LogP contribution in [0, 0.1) is 0 Å². The van der Waals surface area contributed by atoms with Crippen LogP contribution >= 0.6 is 0 Å². The first-order valence-corrected chi connectivity index (χ1v) is 11.8. The summed E-state index contributed by atoms with van der Waals surface area (Å²) in [4.78, 5) is 26.4. The SMILES string of the molecule is O=C1C(c2nc(NCc3cccnc3)nc3nn(C4CCCC4)cc23)c2ccccc2N1C(F)(F)F. The van der Waals surface area contributed by atoms with Gasteiger partial charge in [0, 0.05) is 25.1 Å². The number of carbonyl (C=O) groups excluding carboxylic acids is 1. The van der Waals surface area contributed by atoms with Crippen LogP contribution in [0.3, 0.4) is 0 Å². The van der Waals surface area contributed by atoms with Gasteiger partial charge in [-0.2, -0.15) is 10.1 Å². The molecule has 1 amide bonds. The topological polar surface area (TPSA) is 88.8 Å². The molecule has 3 aromatic heterocycles. The number of fused-ring (bicyclic) bond motifs is 2. The number of nitrogens with one attached hydrogen (secondary N) is 1. The average molecular weight is 493 g/mol. The molecule has 1 fully saturated rings. The number of carbonyl (C=O) groups is 1. The second-order valence-electron chi connectivity index (χ2n) is 9.07. The lowest BCUT2D eigenvalue weighted by Crippen LogP contribution is -2.41. The molecule has 0 saturated heterocycles. The molecule has 1 aliphatic heterocycles. The fourth-order valence-corrected chi connectivity index (χ4v) is 5.13. The van der Waals surface area contributed by atoms with Gasteiger partial charge in [-0.25, -0.2) is 9.88 Å². The number of hydrogen-bond acceptors (Lipinski definition) is 6. The molecule has 184 valence electrons. The zero-order valence-electron chi connectivity index (χ0n) is 19.1. The summed E-state index contributed by atoms with van der Waals surface area (Å²) in [6, 6.07) is 9.84. The lowest BCUT2D eigenvalue weighted by Gasteiger charge is -2.20. The summed E-state index contributed by atoms with van der Waals surface area (Å²) in [5.74, 6) is -2.13. The highest BCUT2D eigenvalue weighted by Gasteiger charge is 2.52. The monoisotopic (exact) mass is 493 g/mol. The number of nitrogens with zero attached hydrogens (tertiary/aromatic N) is 6. The smallest absolute Gasteiger partial charge is 0.350 e. The van der Waals surface area contributed by atoms with Gasteiger partial charge >= 0.3 is 6.30 Å². The van der Waals surface area contributed by atoms with E-state index in [0.29, 0.717) is 17.6 Å². The van der Waals surface area contributed by atoms with Gasteiger partial charge in [-0.3, -0.25) is 14.5 Å². The lowest BCUT2D eigenvalue weighted by atomic mass is 9.95. The molecule has 2 aliphatic rings. The predicted octanol–water partition coefficient (Wildman–Crippen LogP) is 4.95. The summed E-state index contributed by atoms with van der Waals surface area (Å²) in [6.07, 6.45) is 4.39. The van der Waals surface area contributed by atoms with Crippen molar-refractivity contribution in [3.8, 4) is 0 Å². The van der Waals surface area contributed by atoms with Crippen LogP contribution in [0.2, 0.25) is 0 Å². The highest BCUT2D eigenvalue weighted by Crippen LogP contribution is 2.46. The largest absolute Gasteiger partial charge is 0.491 e. The van der Waals surface area contributed by atoms with Gasteiger partial charge < -0.3 is 5.32 Å². The van der Waals surface area contributed by atoms with Crippen LogP contribution in [0.1, 0.15) is 54.5 Å². The van der Waals surface area contributed by atoms with Crippen LogP contribution < -0.4 is 10.2 Å². The Kier molecular flexibility index (Phi) is 5.35. The minimum atomic E-state index is -4.86. The molecule has 0 radical (unpaired) electrons. The van der Waals surface area contributed by atoms with Crippen molar-refractivity contribution in [2.45, 2.75) is 50.5 Å². The first kappa shape index (κ1) is 22.4. The van der Waals surface area contributed by atoms with Gasteiger partial charge in [0.05, 0.1) is 22.8 Å². The molecule has 0 bridgehead atoms. The number of halogens is 3. The first-order valence-electron chi connectivity index (χ1n) is 11.8. The Bertz CT molecular complexity index is 1430. The third kappa shape index (κ3) is 3.84. The number of aromatic nitrogens is 5. The quantitative estimate of drug-likeness (QED) is 0.396. The van der Waals surface area contributed by atoms with Crippen LogP contribution in [0.25, 0.3) is 11.0 Å². The van der Waals surface area contributed by atoms with Gasteiger partial charge in [0.2, 0.25) is 11.9 Å². The maximum atomic E-state index is 13.9.